The number of hydrogen-bond acceptors (Lipinski definition) is 4. The van der Waals surface area contributed by atoms with Crippen LogP contribution in [0.2, 0.25) is 0 Å². The van der Waals surface area contributed by atoms with E-state index in [2.05, 4.69) is 20.7 Å². The summed E-state index contributed by atoms with van der Waals surface area (Å²) in [5, 5.41) is 9.56. The molecule has 4 rings (SSSR count). The number of amides is 2. The van der Waals surface area contributed by atoms with Crippen molar-refractivity contribution in [3.63, 3.8) is 0 Å². The smallest absolute Gasteiger partial charge is 0.272 e. The first kappa shape index (κ1) is 16.8. The third-order valence-electron chi connectivity index (χ3n) is 4.21. The number of carbonyl (C=O) groups is 2. The summed E-state index contributed by atoms with van der Waals surface area (Å²) in [6.45, 7) is 0.952. The highest BCUT2D eigenvalue weighted by molar-refractivity contribution is 5.95. The van der Waals surface area contributed by atoms with Crippen LogP contribution in [0.3, 0.4) is 0 Å². The van der Waals surface area contributed by atoms with Gasteiger partial charge in [-0.1, -0.05) is 18.2 Å². The van der Waals surface area contributed by atoms with Crippen molar-refractivity contribution in [1.82, 2.24) is 29.8 Å². The molecular formula is C19H18N6O2. The SMILES string of the molecule is O=C(CNC(=O)c1cc2ccccn2n1)NCCn1cnc2ccccc21. The molecule has 27 heavy (non-hydrogen) atoms. The van der Waals surface area contributed by atoms with Crippen LogP contribution >= 0.6 is 0 Å². The molecule has 0 saturated heterocycles. The number of carbonyl (C=O) groups excluding carboxylic acids is 2. The maximum absolute atomic E-state index is 12.1. The normalized spacial score (nSPS) is 11.0. The Kier molecular flexibility index (Phi) is 4.52. The van der Waals surface area contributed by atoms with Crippen LogP contribution < -0.4 is 10.6 Å². The highest BCUT2D eigenvalue weighted by atomic mass is 16.2. The van der Waals surface area contributed by atoms with Gasteiger partial charge in [-0.3, -0.25) is 9.59 Å². The Morgan fingerprint density at radius 2 is 1.89 bits per heavy atom. The van der Waals surface area contributed by atoms with Gasteiger partial charge in [0.1, 0.15) is 0 Å². The fourth-order valence-electron chi connectivity index (χ4n) is 2.87. The van der Waals surface area contributed by atoms with Crippen LogP contribution in [0.25, 0.3) is 16.6 Å². The topological polar surface area (TPSA) is 93.3 Å². The molecule has 0 atom stereocenters. The van der Waals surface area contributed by atoms with Gasteiger partial charge in [0.15, 0.2) is 5.69 Å². The zero-order chi connectivity index (χ0) is 18.6. The van der Waals surface area contributed by atoms with Crippen molar-refractivity contribution in [2.75, 3.05) is 13.1 Å². The Labute approximate surface area is 154 Å². The molecule has 0 unspecified atom stereocenters. The van der Waals surface area contributed by atoms with Crippen LogP contribution in [0.4, 0.5) is 0 Å². The second kappa shape index (κ2) is 7.28. The predicted octanol–water partition coefficient (Wildman–Crippen LogP) is 1.23. The van der Waals surface area contributed by atoms with E-state index in [9.17, 15) is 9.59 Å². The number of rotatable bonds is 6. The van der Waals surface area contributed by atoms with Crippen molar-refractivity contribution in [2.24, 2.45) is 0 Å². The Morgan fingerprint density at radius 1 is 1.04 bits per heavy atom. The summed E-state index contributed by atoms with van der Waals surface area (Å²) in [5.41, 5.74) is 3.04. The van der Waals surface area contributed by atoms with E-state index in [1.165, 1.54) is 0 Å². The maximum Gasteiger partial charge on any atom is 0.272 e. The molecule has 2 N–H and O–H groups in total. The van der Waals surface area contributed by atoms with Crippen LogP contribution in [0.1, 0.15) is 10.5 Å². The van der Waals surface area contributed by atoms with Gasteiger partial charge >= 0.3 is 0 Å². The molecule has 0 aliphatic heterocycles. The van der Waals surface area contributed by atoms with Crippen molar-refractivity contribution in [3.05, 3.63) is 66.7 Å². The second-order valence-electron chi connectivity index (χ2n) is 6.06. The molecule has 0 aliphatic rings. The molecule has 0 radical (unpaired) electrons. The molecule has 8 heteroatoms. The first-order chi connectivity index (χ1) is 13.2. The molecular weight excluding hydrogens is 344 g/mol. The van der Waals surface area contributed by atoms with E-state index in [-0.39, 0.29) is 24.1 Å². The standard InChI is InChI=1S/C19H18N6O2/c26-18(20-8-10-24-13-22-15-6-1-2-7-17(15)24)12-21-19(27)16-11-14-5-3-4-9-25(14)23-16/h1-7,9,11,13H,8,10,12H2,(H,20,26)(H,21,27). The lowest BCUT2D eigenvalue weighted by Crippen LogP contribution is -2.38. The highest BCUT2D eigenvalue weighted by Crippen LogP contribution is 2.11. The van der Waals surface area contributed by atoms with E-state index >= 15 is 0 Å². The molecule has 0 bridgehead atoms. The summed E-state index contributed by atoms with van der Waals surface area (Å²) in [5.74, 6) is -0.633. The Morgan fingerprint density at radius 3 is 2.78 bits per heavy atom. The van der Waals surface area contributed by atoms with Gasteiger partial charge in [-0.2, -0.15) is 5.10 Å². The molecule has 2 amide bonds. The lowest BCUT2D eigenvalue weighted by atomic mass is 10.3. The fraction of sp³-hybridized carbons (Fsp3) is 0.158. The van der Waals surface area contributed by atoms with Gasteiger partial charge in [0.2, 0.25) is 5.91 Å². The van der Waals surface area contributed by atoms with Crippen molar-refractivity contribution in [2.45, 2.75) is 6.54 Å². The largest absolute Gasteiger partial charge is 0.353 e. The molecule has 8 nitrogen and oxygen atoms in total. The third-order valence-corrected chi connectivity index (χ3v) is 4.21. The number of nitrogens with one attached hydrogen (secondary N) is 2. The predicted molar refractivity (Wildman–Crippen MR) is 100 cm³/mol. The van der Waals surface area contributed by atoms with Gasteiger partial charge in [0, 0.05) is 19.3 Å². The van der Waals surface area contributed by atoms with E-state index in [1.807, 2.05) is 47.0 Å². The Balaban J connectivity index is 1.26. The number of hydrogen-bond donors (Lipinski definition) is 2. The van der Waals surface area contributed by atoms with Crippen molar-refractivity contribution < 1.29 is 9.59 Å². The molecule has 3 heterocycles. The monoisotopic (exact) mass is 362 g/mol. The Hall–Kier alpha value is -3.68. The van der Waals surface area contributed by atoms with Crippen LogP contribution in [0, 0.1) is 0 Å². The van der Waals surface area contributed by atoms with Crippen LogP contribution in [-0.4, -0.2) is 44.1 Å². The number of benzene rings is 1. The van der Waals surface area contributed by atoms with Gasteiger partial charge in [0.25, 0.3) is 5.91 Å². The third kappa shape index (κ3) is 3.64. The lowest BCUT2D eigenvalue weighted by Gasteiger charge is -2.07. The number of pyridine rings is 1. The maximum atomic E-state index is 12.1. The zero-order valence-corrected chi connectivity index (χ0v) is 14.5. The van der Waals surface area contributed by atoms with Gasteiger partial charge in [-0.15, -0.1) is 0 Å². The minimum absolute atomic E-state index is 0.0998. The summed E-state index contributed by atoms with van der Waals surface area (Å²) in [6, 6.07) is 15.1. The van der Waals surface area contributed by atoms with E-state index in [1.54, 1.807) is 23.1 Å². The summed E-state index contributed by atoms with van der Waals surface area (Å²) < 4.78 is 3.59. The van der Waals surface area contributed by atoms with E-state index in [4.69, 9.17) is 0 Å². The Bertz CT molecular complexity index is 1080. The van der Waals surface area contributed by atoms with Gasteiger partial charge in [0.05, 0.1) is 29.4 Å². The molecule has 0 saturated carbocycles. The number of para-hydroxylation sites is 2. The summed E-state index contributed by atoms with van der Waals surface area (Å²) in [7, 11) is 0. The minimum atomic E-state index is -0.380. The average molecular weight is 362 g/mol. The van der Waals surface area contributed by atoms with Crippen LogP contribution in [-0.2, 0) is 11.3 Å². The molecule has 136 valence electrons. The van der Waals surface area contributed by atoms with Crippen LogP contribution in [0.15, 0.2) is 61.1 Å². The number of imidazole rings is 1. The van der Waals surface area contributed by atoms with Gasteiger partial charge < -0.3 is 15.2 Å². The molecule has 4 aromatic rings. The van der Waals surface area contributed by atoms with E-state index < -0.39 is 0 Å². The van der Waals surface area contributed by atoms with Crippen molar-refractivity contribution in [1.29, 1.82) is 0 Å². The highest BCUT2D eigenvalue weighted by Gasteiger charge is 2.12. The number of aromatic nitrogens is 4. The first-order valence-corrected chi connectivity index (χ1v) is 8.60. The molecule has 1 aromatic carbocycles. The summed E-state index contributed by atoms with van der Waals surface area (Å²) >= 11 is 0. The molecule has 0 spiro atoms. The number of nitrogens with zero attached hydrogens (tertiary/aromatic N) is 4. The van der Waals surface area contributed by atoms with Gasteiger partial charge in [-0.25, -0.2) is 9.50 Å². The van der Waals surface area contributed by atoms with E-state index in [0.29, 0.717) is 13.1 Å². The first-order valence-electron chi connectivity index (χ1n) is 8.60. The zero-order valence-electron chi connectivity index (χ0n) is 14.5. The summed E-state index contributed by atoms with van der Waals surface area (Å²) in [6.07, 6.45) is 3.51. The fourth-order valence-corrected chi connectivity index (χ4v) is 2.87. The second-order valence-corrected chi connectivity index (χ2v) is 6.06. The van der Waals surface area contributed by atoms with Crippen molar-refractivity contribution in [3.8, 4) is 0 Å². The van der Waals surface area contributed by atoms with E-state index in [0.717, 1.165) is 16.6 Å². The summed E-state index contributed by atoms with van der Waals surface area (Å²) in [4.78, 5) is 28.4. The quantitative estimate of drug-likeness (QED) is 0.539. The molecule has 0 fully saturated rings. The lowest BCUT2D eigenvalue weighted by molar-refractivity contribution is -0.120. The van der Waals surface area contributed by atoms with Crippen molar-refractivity contribution >= 4 is 28.4 Å². The minimum Gasteiger partial charge on any atom is -0.353 e. The van der Waals surface area contributed by atoms with Gasteiger partial charge in [-0.05, 0) is 30.3 Å². The molecule has 3 aromatic heterocycles. The van der Waals surface area contributed by atoms with Crippen LogP contribution in [0.5, 0.6) is 0 Å². The molecule has 0 aliphatic carbocycles. The number of fused-ring (bicyclic) bond motifs is 2. The average Bonchev–Trinajstić information content (AvgIpc) is 3.30.